The summed E-state index contributed by atoms with van der Waals surface area (Å²) in [6, 6.07) is 9.51. The van der Waals surface area contributed by atoms with E-state index in [0.29, 0.717) is 21.8 Å². The van der Waals surface area contributed by atoms with Crippen molar-refractivity contribution < 1.29 is 5.21 Å². The third kappa shape index (κ3) is 1.28. The highest BCUT2D eigenvalue weighted by atomic mass is 16.5. The van der Waals surface area contributed by atoms with Crippen LogP contribution in [0.4, 0.5) is 0 Å². The fourth-order valence-electron chi connectivity index (χ4n) is 1.44. The van der Waals surface area contributed by atoms with Crippen LogP contribution < -0.4 is 0 Å². The minimum Gasteiger partial charge on any atom is -0.409 e. The second-order valence-corrected chi connectivity index (χ2v) is 3.25. The summed E-state index contributed by atoms with van der Waals surface area (Å²) in [5.41, 5.74) is 1.64. The van der Waals surface area contributed by atoms with E-state index >= 15 is 0 Å². The third-order valence-electron chi connectivity index (χ3n) is 2.21. The molecule has 0 radical (unpaired) electrons. The van der Waals surface area contributed by atoms with Gasteiger partial charge < -0.3 is 5.21 Å². The SMILES string of the molecule is On1nnc2cnc(-c3ccccc3)nc21. The van der Waals surface area contributed by atoms with Gasteiger partial charge in [0.15, 0.2) is 11.3 Å². The van der Waals surface area contributed by atoms with E-state index in [2.05, 4.69) is 20.3 Å². The molecule has 0 aliphatic heterocycles. The number of hydrogen-bond acceptors (Lipinski definition) is 5. The molecule has 0 aliphatic carbocycles. The van der Waals surface area contributed by atoms with Crippen molar-refractivity contribution in [3.05, 3.63) is 36.5 Å². The molecular weight excluding hydrogens is 206 g/mol. The largest absolute Gasteiger partial charge is 0.409 e. The fourth-order valence-corrected chi connectivity index (χ4v) is 1.44. The second kappa shape index (κ2) is 3.27. The Balaban J connectivity index is 2.22. The van der Waals surface area contributed by atoms with Crippen molar-refractivity contribution in [1.82, 2.24) is 25.1 Å². The number of rotatable bonds is 1. The molecule has 0 saturated heterocycles. The molecule has 1 aromatic carbocycles. The molecule has 0 amide bonds. The number of fused-ring (bicyclic) bond motifs is 1. The first-order chi connectivity index (χ1) is 7.84. The predicted octanol–water partition coefficient (Wildman–Crippen LogP) is 1.13. The first kappa shape index (κ1) is 8.78. The summed E-state index contributed by atoms with van der Waals surface area (Å²) >= 11 is 0. The fraction of sp³-hybridized carbons (Fsp3) is 0. The monoisotopic (exact) mass is 213 g/mol. The Morgan fingerprint density at radius 3 is 2.75 bits per heavy atom. The van der Waals surface area contributed by atoms with Gasteiger partial charge in [-0.15, -0.1) is 5.10 Å². The van der Waals surface area contributed by atoms with Crippen LogP contribution in [0.2, 0.25) is 0 Å². The Bertz CT molecular complexity index is 634. The average molecular weight is 213 g/mol. The van der Waals surface area contributed by atoms with Crippen LogP contribution in [0.1, 0.15) is 0 Å². The van der Waals surface area contributed by atoms with Crippen molar-refractivity contribution in [3.8, 4) is 11.4 Å². The van der Waals surface area contributed by atoms with Crippen LogP contribution in [0.3, 0.4) is 0 Å². The normalized spacial score (nSPS) is 10.8. The van der Waals surface area contributed by atoms with Gasteiger partial charge in [-0.25, -0.2) is 9.97 Å². The van der Waals surface area contributed by atoms with Gasteiger partial charge in [0, 0.05) is 5.56 Å². The predicted molar refractivity (Wildman–Crippen MR) is 55.7 cm³/mol. The summed E-state index contributed by atoms with van der Waals surface area (Å²) in [6.45, 7) is 0. The molecule has 0 fully saturated rings. The van der Waals surface area contributed by atoms with Crippen LogP contribution in [-0.4, -0.2) is 30.3 Å². The van der Waals surface area contributed by atoms with E-state index in [0.717, 1.165) is 5.56 Å². The highest BCUT2D eigenvalue weighted by molar-refractivity contribution is 5.71. The van der Waals surface area contributed by atoms with Gasteiger partial charge in [0.05, 0.1) is 6.20 Å². The van der Waals surface area contributed by atoms with E-state index in [9.17, 15) is 5.21 Å². The molecule has 0 aliphatic rings. The number of hydrogen-bond donors (Lipinski definition) is 1. The van der Waals surface area contributed by atoms with E-state index < -0.39 is 0 Å². The van der Waals surface area contributed by atoms with Crippen molar-refractivity contribution in [2.75, 3.05) is 0 Å². The Morgan fingerprint density at radius 2 is 1.94 bits per heavy atom. The molecule has 6 nitrogen and oxygen atoms in total. The minimum absolute atomic E-state index is 0.300. The lowest BCUT2D eigenvalue weighted by Gasteiger charge is -1.98. The third-order valence-corrected chi connectivity index (χ3v) is 2.21. The van der Waals surface area contributed by atoms with Gasteiger partial charge in [-0.05, 0) is 5.21 Å². The van der Waals surface area contributed by atoms with Crippen LogP contribution >= 0.6 is 0 Å². The maximum absolute atomic E-state index is 9.34. The van der Waals surface area contributed by atoms with Crippen LogP contribution in [0.25, 0.3) is 22.6 Å². The Hall–Kier alpha value is -2.50. The van der Waals surface area contributed by atoms with Gasteiger partial charge in [0.1, 0.15) is 0 Å². The summed E-state index contributed by atoms with van der Waals surface area (Å²) in [5.74, 6) is 0.533. The molecule has 0 unspecified atom stereocenters. The minimum atomic E-state index is 0.300. The van der Waals surface area contributed by atoms with E-state index in [1.165, 1.54) is 6.20 Å². The van der Waals surface area contributed by atoms with Gasteiger partial charge in [-0.2, -0.15) is 0 Å². The van der Waals surface area contributed by atoms with Crippen LogP contribution in [0.15, 0.2) is 36.5 Å². The molecule has 3 aromatic rings. The summed E-state index contributed by atoms with van der Waals surface area (Å²) in [5, 5.41) is 16.5. The van der Waals surface area contributed by atoms with Crippen LogP contribution in [0.5, 0.6) is 0 Å². The molecule has 0 saturated carbocycles. The molecule has 16 heavy (non-hydrogen) atoms. The summed E-state index contributed by atoms with van der Waals surface area (Å²) in [4.78, 5) is 8.98. The second-order valence-electron chi connectivity index (χ2n) is 3.25. The van der Waals surface area contributed by atoms with Crippen molar-refractivity contribution >= 4 is 11.2 Å². The molecule has 0 atom stereocenters. The van der Waals surface area contributed by atoms with E-state index in [1.807, 2.05) is 30.3 Å². The van der Waals surface area contributed by atoms with Gasteiger partial charge in [0.25, 0.3) is 0 Å². The Morgan fingerprint density at radius 1 is 1.12 bits per heavy atom. The lowest BCUT2D eigenvalue weighted by molar-refractivity contribution is 0.153. The highest BCUT2D eigenvalue weighted by Gasteiger charge is 2.08. The van der Waals surface area contributed by atoms with Crippen LogP contribution in [0, 0.1) is 0 Å². The van der Waals surface area contributed by atoms with Crippen molar-refractivity contribution in [2.24, 2.45) is 0 Å². The maximum Gasteiger partial charge on any atom is 0.223 e. The topological polar surface area (TPSA) is 76.7 Å². The lowest BCUT2D eigenvalue weighted by Crippen LogP contribution is -1.96. The van der Waals surface area contributed by atoms with Gasteiger partial charge >= 0.3 is 0 Å². The van der Waals surface area contributed by atoms with E-state index in [1.54, 1.807) is 0 Å². The first-order valence-corrected chi connectivity index (χ1v) is 4.68. The standard InChI is InChI=1S/C10H7N5O/c16-15-10-8(13-14-15)6-11-9(12-10)7-4-2-1-3-5-7/h1-6,16H. The summed E-state index contributed by atoms with van der Waals surface area (Å²) < 4.78 is 0. The zero-order chi connectivity index (χ0) is 11.0. The van der Waals surface area contributed by atoms with Crippen molar-refractivity contribution in [2.45, 2.75) is 0 Å². The average Bonchev–Trinajstić information content (AvgIpc) is 2.72. The number of benzene rings is 1. The zero-order valence-corrected chi connectivity index (χ0v) is 8.15. The smallest absolute Gasteiger partial charge is 0.223 e. The van der Waals surface area contributed by atoms with Crippen LogP contribution in [-0.2, 0) is 0 Å². The molecule has 78 valence electrons. The number of aromatic nitrogens is 5. The maximum atomic E-state index is 9.34. The molecule has 0 bridgehead atoms. The summed E-state index contributed by atoms with van der Waals surface area (Å²) in [6.07, 6.45) is 1.53. The molecule has 0 spiro atoms. The summed E-state index contributed by atoms with van der Waals surface area (Å²) in [7, 11) is 0. The lowest BCUT2D eigenvalue weighted by atomic mass is 10.2. The molecule has 1 N–H and O–H groups in total. The highest BCUT2D eigenvalue weighted by Crippen LogP contribution is 2.15. The van der Waals surface area contributed by atoms with Gasteiger partial charge in [-0.3, -0.25) is 0 Å². The molecule has 3 rings (SSSR count). The molecule has 2 heterocycles. The van der Waals surface area contributed by atoms with E-state index in [-0.39, 0.29) is 0 Å². The Labute approximate surface area is 90.2 Å². The van der Waals surface area contributed by atoms with E-state index in [4.69, 9.17) is 0 Å². The van der Waals surface area contributed by atoms with Crippen molar-refractivity contribution in [3.63, 3.8) is 0 Å². The number of nitrogens with zero attached hydrogens (tertiary/aromatic N) is 5. The first-order valence-electron chi connectivity index (χ1n) is 4.68. The van der Waals surface area contributed by atoms with Gasteiger partial charge in [-0.1, -0.05) is 35.2 Å². The zero-order valence-electron chi connectivity index (χ0n) is 8.15. The Kier molecular flexibility index (Phi) is 1.79. The van der Waals surface area contributed by atoms with Crippen molar-refractivity contribution in [1.29, 1.82) is 0 Å². The quantitative estimate of drug-likeness (QED) is 0.613. The molecule has 2 aromatic heterocycles. The molecular formula is C10H7N5O. The van der Waals surface area contributed by atoms with Gasteiger partial charge in [0.2, 0.25) is 5.65 Å². The molecule has 6 heteroatoms.